The highest BCUT2D eigenvalue weighted by Crippen LogP contribution is 2.25. The normalized spacial score (nSPS) is 10.2. The van der Waals surface area contributed by atoms with Gasteiger partial charge in [-0.25, -0.2) is 4.98 Å². The van der Waals surface area contributed by atoms with Crippen LogP contribution in [0.1, 0.15) is 18.2 Å². The van der Waals surface area contributed by atoms with Crippen LogP contribution in [-0.2, 0) is 6.42 Å². The van der Waals surface area contributed by atoms with E-state index in [0.717, 1.165) is 22.9 Å². The average molecular weight is 217 g/mol. The third-order valence-electron chi connectivity index (χ3n) is 2.35. The van der Waals surface area contributed by atoms with E-state index >= 15 is 0 Å². The van der Waals surface area contributed by atoms with Crippen molar-refractivity contribution in [1.82, 2.24) is 4.98 Å². The van der Waals surface area contributed by atoms with Gasteiger partial charge in [-0.15, -0.1) is 0 Å². The number of halogens is 1. The molecule has 0 atom stereocenters. The Kier molecular flexibility index (Phi) is 2.57. The van der Waals surface area contributed by atoms with E-state index in [9.17, 15) is 0 Å². The van der Waals surface area contributed by atoms with E-state index in [1.54, 1.807) is 6.07 Å². The summed E-state index contributed by atoms with van der Waals surface area (Å²) in [5.41, 5.74) is 1.52. The number of aromatic nitrogens is 1. The Balaban J connectivity index is 2.86. The van der Waals surface area contributed by atoms with Gasteiger partial charge in [0.15, 0.2) is 0 Å². The van der Waals surface area contributed by atoms with Crippen molar-refractivity contribution in [3.8, 4) is 6.07 Å². The monoisotopic (exact) mass is 216 g/mol. The zero-order valence-corrected chi connectivity index (χ0v) is 9.04. The first-order chi connectivity index (χ1) is 7.26. The molecule has 1 aromatic carbocycles. The van der Waals surface area contributed by atoms with Crippen molar-refractivity contribution in [1.29, 1.82) is 5.26 Å². The third-order valence-corrected chi connectivity index (χ3v) is 2.62. The van der Waals surface area contributed by atoms with Gasteiger partial charge in [0.05, 0.1) is 11.6 Å². The summed E-state index contributed by atoms with van der Waals surface area (Å²) in [6, 6.07) is 9.65. The molecular weight excluding hydrogens is 208 g/mol. The number of aryl methyl sites for hydroxylation is 1. The van der Waals surface area contributed by atoms with E-state index in [1.807, 2.05) is 25.1 Å². The highest BCUT2D eigenvalue weighted by molar-refractivity contribution is 6.34. The molecule has 2 aromatic rings. The van der Waals surface area contributed by atoms with Gasteiger partial charge in [-0.3, -0.25) is 0 Å². The first-order valence-corrected chi connectivity index (χ1v) is 5.12. The molecule has 0 aliphatic carbocycles. The van der Waals surface area contributed by atoms with Crippen LogP contribution in [0.15, 0.2) is 24.3 Å². The van der Waals surface area contributed by atoms with Crippen molar-refractivity contribution < 1.29 is 0 Å². The topological polar surface area (TPSA) is 36.7 Å². The number of pyridine rings is 1. The number of hydrogen-bond acceptors (Lipinski definition) is 2. The highest BCUT2D eigenvalue weighted by Gasteiger charge is 2.07. The lowest BCUT2D eigenvalue weighted by Gasteiger charge is -2.04. The van der Waals surface area contributed by atoms with Gasteiger partial charge in [-0.05, 0) is 23.9 Å². The number of fused-ring (bicyclic) bond motifs is 1. The van der Waals surface area contributed by atoms with Crippen LogP contribution in [0.25, 0.3) is 10.8 Å². The van der Waals surface area contributed by atoms with E-state index < -0.39 is 0 Å². The lowest BCUT2D eigenvalue weighted by atomic mass is 10.1. The molecule has 15 heavy (non-hydrogen) atoms. The first-order valence-electron chi connectivity index (χ1n) is 4.74. The zero-order valence-electron chi connectivity index (χ0n) is 8.29. The molecule has 0 bridgehead atoms. The minimum Gasteiger partial charge on any atom is -0.240 e. The SMILES string of the molecule is CCc1cc2cccc(C#N)c2c(Cl)n1. The lowest BCUT2D eigenvalue weighted by Crippen LogP contribution is -1.90. The fourth-order valence-electron chi connectivity index (χ4n) is 1.59. The summed E-state index contributed by atoms with van der Waals surface area (Å²) in [6.45, 7) is 2.03. The summed E-state index contributed by atoms with van der Waals surface area (Å²) >= 11 is 6.06. The van der Waals surface area contributed by atoms with Crippen LogP contribution in [-0.4, -0.2) is 4.98 Å². The maximum absolute atomic E-state index is 8.95. The molecule has 74 valence electrons. The van der Waals surface area contributed by atoms with Gasteiger partial charge >= 0.3 is 0 Å². The molecule has 1 heterocycles. The number of hydrogen-bond donors (Lipinski definition) is 0. The summed E-state index contributed by atoms with van der Waals surface area (Å²) in [5.74, 6) is 0. The summed E-state index contributed by atoms with van der Waals surface area (Å²) in [4.78, 5) is 4.24. The number of rotatable bonds is 1. The minimum atomic E-state index is 0.418. The predicted molar refractivity (Wildman–Crippen MR) is 60.8 cm³/mol. The van der Waals surface area contributed by atoms with E-state index in [2.05, 4.69) is 11.1 Å². The summed E-state index contributed by atoms with van der Waals surface area (Å²) in [6.07, 6.45) is 0.840. The lowest BCUT2D eigenvalue weighted by molar-refractivity contribution is 1.05. The number of nitrogens with zero attached hydrogens (tertiary/aromatic N) is 2. The second kappa shape index (κ2) is 3.88. The zero-order chi connectivity index (χ0) is 10.8. The molecule has 0 aliphatic heterocycles. The van der Waals surface area contributed by atoms with Crippen LogP contribution in [0.4, 0.5) is 0 Å². The van der Waals surface area contributed by atoms with Crippen LogP contribution in [0.5, 0.6) is 0 Å². The molecule has 0 saturated heterocycles. The van der Waals surface area contributed by atoms with Crippen molar-refractivity contribution in [2.75, 3.05) is 0 Å². The Morgan fingerprint density at radius 3 is 2.93 bits per heavy atom. The minimum absolute atomic E-state index is 0.418. The van der Waals surface area contributed by atoms with Crippen molar-refractivity contribution in [3.05, 3.63) is 40.7 Å². The molecule has 0 radical (unpaired) electrons. The fourth-order valence-corrected chi connectivity index (χ4v) is 1.91. The smallest absolute Gasteiger partial charge is 0.138 e. The highest BCUT2D eigenvalue weighted by atomic mass is 35.5. The van der Waals surface area contributed by atoms with Gasteiger partial charge in [0.25, 0.3) is 0 Å². The van der Waals surface area contributed by atoms with Crippen LogP contribution in [0.3, 0.4) is 0 Å². The van der Waals surface area contributed by atoms with Crippen LogP contribution < -0.4 is 0 Å². The van der Waals surface area contributed by atoms with Crippen LogP contribution in [0, 0.1) is 11.3 Å². The largest absolute Gasteiger partial charge is 0.240 e. The molecule has 0 amide bonds. The van der Waals surface area contributed by atoms with E-state index in [0.29, 0.717) is 10.7 Å². The van der Waals surface area contributed by atoms with Gasteiger partial charge in [-0.2, -0.15) is 5.26 Å². The molecule has 0 spiro atoms. The maximum Gasteiger partial charge on any atom is 0.138 e. The molecule has 2 rings (SSSR count). The molecule has 0 aliphatic rings. The van der Waals surface area contributed by atoms with Crippen LogP contribution >= 0.6 is 11.6 Å². The Bertz CT molecular complexity index is 555. The van der Waals surface area contributed by atoms with E-state index in [4.69, 9.17) is 16.9 Å². The average Bonchev–Trinajstić information content (AvgIpc) is 2.27. The standard InChI is InChI=1S/C12H9ClN2/c1-2-10-6-8-4-3-5-9(7-14)11(8)12(13)15-10/h3-6H,2H2,1H3. The van der Waals surface area contributed by atoms with Gasteiger partial charge in [0.2, 0.25) is 0 Å². The van der Waals surface area contributed by atoms with Gasteiger partial charge in [0, 0.05) is 11.1 Å². The van der Waals surface area contributed by atoms with Crippen molar-refractivity contribution >= 4 is 22.4 Å². The molecule has 1 aromatic heterocycles. The molecule has 0 saturated carbocycles. The Labute approximate surface area is 93.1 Å². The molecular formula is C12H9ClN2. The van der Waals surface area contributed by atoms with Crippen molar-refractivity contribution in [2.24, 2.45) is 0 Å². The second-order valence-corrected chi connectivity index (χ2v) is 3.63. The van der Waals surface area contributed by atoms with Crippen molar-refractivity contribution in [3.63, 3.8) is 0 Å². The van der Waals surface area contributed by atoms with Gasteiger partial charge in [0.1, 0.15) is 5.15 Å². The van der Waals surface area contributed by atoms with Crippen molar-refractivity contribution in [2.45, 2.75) is 13.3 Å². The summed E-state index contributed by atoms with van der Waals surface area (Å²) in [7, 11) is 0. The molecule has 2 nitrogen and oxygen atoms in total. The van der Waals surface area contributed by atoms with Crippen LogP contribution in [0.2, 0.25) is 5.15 Å². The van der Waals surface area contributed by atoms with Gasteiger partial charge < -0.3 is 0 Å². The molecule has 0 unspecified atom stereocenters. The number of nitriles is 1. The predicted octanol–water partition coefficient (Wildman–Crippen LogP) is 3.32. The quantitative estimate of drug-likeness (QED) is 0.686. The Morgan fingerprint density at radius 2 is 2.27 bits per heavy atom. The second-order valence-electron chi connectivity index (χ2n) is 3.27. The van der Waals surface area contributed by atoms with Gasteiger partial charge in [-0.1, -0.05) is 30.7 Å². The molecule has 0 fully saturated rings. The first kappa shape index (κ1) is 9.95. The molecule has 0 N–H and O–H groups in total. The Hall–Kier alpha value is -1.59. The third kappa shape index (κ3) is 1.67. The van der Waals surface area contributed by atoms with E-state index in [1.165, 1.54) is 0 Å². The molecule has 3 heteroatoms. The number of benzene rings is 1. The fraction of sp³-hybridized carbons (Fsp3) is 0.167. The summed E-state index contributed by atoms with van der Waals surface area (Å²) < 4.78 is 0. The summed E-state index contributed by atoms with van der Waals surface area (Å²) in [5, 5.41) is 11.1. The maximum atomic E-state index is 8.95. The van der Waals surface area contributed by atoms with E-state index in [-0.39, 0.29) is 0 Å². The Morgan fingerprint density at radius 1 is 1.47 bits per heavy atom.